The van der Waals surface area contributed by atoms with Crippen LogP contribution in [0.15, 0.2) is 24.3 Å². The molecule has 1 aromatic rings. The molecule has 1 rings (SSSR count). The van der Waals surface area contributed by atoms with Crippen molar-refractivity contribution in [1.29, 1.82) is 0 Å². The summed E-state index contributed by atoms with van der Waals surface area (Å²) in [5, 5.41) is 8.63. The van der Waals surface area contributed by atoms with Crippen molar-refractivity contribution in [3.8, 4) is 0 Å². The van der Waals surface area contributed by atoms with Crippen molar-refractivity contribution >= 4 is 0 Å². The van der Waals surface area contributed by atoms with Crippen molar-refractivity contribution < 1.29 is 5.11 Å². The Bertz CT molecular complexity index is 243. The molecule has 0 bridgehead atoms. The highest BCUT2D eigenvalue weighted by Gasteiger charge is 1.93. The van der Waals surface area contributed by atoms with Crippen molar-refractivity contribution in [3.63, 3.8) is 0 Å². The van der Waals surface area contributed by atoms with Gasteiger partial charge in [0.1, 0.15) is 0 Å². The van der Waals surface area contributed by atoms with Crippen LogP contribution in [-0.2, 0) is 6.42 Å². The summed E-state index contributed by atoms with van der Waals surface area (Å²) in [6.07, 6.45) is 9.84. The summed E-state index contributed by atoms with van der Waals surface area (Å²) in [4.78, 5) is 0. The second-order valence-corrected chi connectivity index (χ2v) is 4.34. The van der Waals surface area contributed by atoms with Crippen LogP contribution in [0, 0.1) is 6.07 Å². The van der Waals surface area contributed by atoms with Crippen LogP contribution in [0.2, 0.25) is 0 Å². The zero-order valence-corrected chi connectivity index (χ0v) is 10.1. The van der Waals surface area contributed by atoms with E-state index in [1.807, 2.05) is 12.1 Å². The van der Waals surface area contributed by atoms with Crippen molar-refractivity contribution in [2.75, 3.05) is 6.61 Å². The molecule has 0 amide bonds. The minimum Gasteiger partial charge on any atom is -0.396 e. The third-order valence-electron chi connectivity index (χ3n) is 2.88. The van der Waals surface area contributed by atoms with Gasteiger partial charge in [-0.15, -0.1) is 0 Å². The van der Waals surface area contributed by atoms with E-state index in [4.69, 9.17) is 5.11 Å². The Morgan fingerprint density at radius 2 is 1.56 bits per heavy atom. The molecule has 0 unspecified atom stereocenters. The number of aliphatic hydroxyl groups is 1. The van der Waals surface area contributed by atoms with Crippen LogP contribution in [0.4, 0.5) is 0 Å². The third-order valence-corrected chi connectivity index (χ3v) is 2.88. The number of hydrogen-bond donors (Lipinski definition) is 1. The van der Waals surface area contributed by atoms with Crippen LogP contribution < -0.4 is 0 Å². The van der Waals surface area contributed by atoms with Gasteiger partial charge in [-0.3, -0.25) is 0 Å². The Morgan fingerprint density at radius 3 is 2.19 bits per heavy atom. The zero-order valence-electron chi connectivity index (χ0n) is 10.1. The number of rotatable bonds is 9. The summed E-state index contributed by atoms with van der Waals surface area (Å²) >= 11 is 0. The quantitative estimate of drug-likeness (QED) is 0.627. The summed E-state index contributed by atoms with van der Waals surface area (Å²) in [6, 6.07) is 11.5. The molecule has 1 N–H and O–H groups in total. The Labute approximate surface area is 99.5 Å². The van der Waals surface area contributed by atoms with E-state index in [9.17, 15) is 0 Å². The highest BCUT2D eigenvalue weighted by molar-refractivity contribution is 5.12. The predicted molar refractivity (Wildman–Crippen MR) is 68.4 cm³/mol. The summed E-state index contributed by atoms with van der Waals surface area (Å²) < 4.78 is 0. The van der Waals surface area contributed by atoms with E-state index in [0.717, 1.165) is 12.8 Å². The molecule has 0 saturated carbocycles. The smallest absolute Gasteiger partial charge is 0.0431 e. The van der Waals surface area contributed by atoms with E-state index < -0.39 is 0 Å². The van der Waals surface area contributed by atoms with Crippen molar-refractivity contribution in [2.24, 2.45) is 0 Å². The molecule has 1 radical (unpaired) electrons. The molecule has 0 aliphatic heterocycles. The van der Waals surface area contributed by atoms with Gasteiger partial charge in [-0.05, 0) is 30.9 Å². The fourth-order valence-electron chi connectivity index (χ4n) is 1.90. The number of hydrogen-bond acceptors (Lipinski definition) is 1. The molecule has 16 heavy (non-hydrogen) atoms. The Hall–Kier alpha value is -0.820. The average Bonchev–Trinajstić information content (AvgIpc) is 2.34. The van der Waals surface area contributed by atoms with Crippen LogP contribution in [0.25, 0.3) is 0 Å². The van der Waals surface area contributed by atoms with Gasteiger partial charge in [-0.1, -0.05) is 56.4 Å². The van der Waals surface area contributed by atoms with Gasteiger partial charge in [0.15, 0.2) is 0 Å². The molecular formula is C15H23O. The number of benzene rings is 1. The lowest BCUT2D eigenvalue weighted by Gasteiger charge is -2.01. The SMILES string of the molecule is OCCCCCCCCCc1[c]cccc1. The molecular weight excluding hydrogens is 196 g/mol. The van der Waals surface area contributed by atoms with Crippen LogP contribution in [-0.4, -0.2) is 11.7 Å². The van der Waals surface area contributed by atoms with E-state index in [-0.39, 0.29) is 0 Å². The molecule has 0 aliphatic rings. The first-order valence-corrected chi connectivity index (χ1v) is 6.50. The van der Waals surface area contributed by atoms with E-state index in [0.29, 0.717) is 6.61 Å². The highest BCUT2D eigenvalue weighted by atomic mass is 16.2. The van der Waals surface area contributed by atoms with Crippen LogP contribution in [0.5, 0.6) is 0 Å². The maximum Gasteiger partial charge on any atom is 0.0431 e. The molecule has 0 atom stereocenters. The van der Waals surface area contributed by atoms with Crippen LogP contribution in [0.1, 0.15) is 50.5 Å². The first kappa shape index (κ1) is 13.2. The zero-order chi connectivity index (χ0) is 11.5. The van der Waals surface area contributed by atoms with Crippen LogP contribution in [0.3, 0.4) is 0 Å². The summed E-state index contributed by atoms with van der Waals surface area (Å²) in [5.74, 6) is 0. The largest absolute Gasteiger partial charge is 0.396 e. The maximum absolute atomic E-state index is 8.63. The fourth-order valence-corrected chi connectivity index (χ4v) is 1.90. The number of aryl methyl sites for hydroxylation is 1. The van der Waals surface area contributed by atoms with Gasteiger partial charge in [0.2, 0.25) is 0 Å². The molecule has 0 spiro atoms. The molecule has 1 heteroatoms. The molecule has 0 fully saturated rings. The lowest BCUT2D eigenvalue weighted by atomic mass is 10.0. The molecule has 0 saturated heterocycles. The summed E-state index contributed by atoms with van der Waals surface area (Å²) in [5.41, 5.74) is 1.34. The lowest BCUT2D eigenvalue weighted by molar-refractivity contribution is 0.282. The van der Waals surface area contributed by atoms with Gasteiger partial charge in [0.05, 0.1) is 0 Å². The first-order valence-electron chi connectivity index (χ1n) is 6.50. The molecule has 1 aromatic carbocycles. The lowest BCUT2D eigenvalue weighted by Crippen LogP contribution is -1.87. The van der Waals surface area contributed by atoms with Gasteiger partial charge >= 0.3 is 0 Å². The maximum atomic E-state index is 8.63. The minimum absolute atomic E-state index is 0.351. The van der Waals surface area contributed by atoms with Gasteiger partial charge < -0.3 is 5.11 Å². The standard InChI is InChI=1S/C15H23O/c16-14-10-5-3-1-2-4-7-11-15-12-8-6-9-13-15/h6,8-9,12,16H,1-5,7,10-11,14H2. The first-order chi connectivity index (χ1) is 7.93. The molecule has 0 aromatic heterocycles. The number of aliphatic hydroxyl groups excluding tert-OH is 1. The Morgan fingerprint density at radius 1 is 0.875 bits per heavy atom. The summed E-state index contributed by atoms with van der Waals surface area (Å²) in [6.45, 7) is 0.351. The summed E-state index contributed by atoms with van der Waals surface area (Å²) in [7, 11) is 0. The third kappa shape index (κ3) is 6.62. The molecule has 0 aliphatic carbocycles. The second-order valence-electron chi connectivity index (χ2n) is 4.34. The highest BCUT2D eigenvalue weighted by Crippen LogP contribution is 2.10. The topological polar surface area (TPSA) is 20.2 Å². The molecule has 89 valence electrons. The Kier molecular flexibility index (Phi) is 7.79. The number of unbranched alkanes of at least 4 members (excludes halogenated alkanes) is 6. The fraction of sp³-hybridized carbons (Fsp3) is 0.600. The van der Waals surface area contributed by atoms with E-state index in [1.54, 1.807) is 0 Å². The predicted octanol–water partition coefficient (Wildman–Crippen LogP) is 3.75. The second kappa shape index (κ2) is 9.41. The van der Waals surface area contributed by atoms with Gasteiger partial charge in [0, 0.05) is 6.61 Å². The van der Waals surface area contributed by atoms with Crippen molar-refractivity contribution in [1.82, 2.24) is 0 Å². The van der Waals surface area contributed by atoms with Crippen molar-refractivity contribution in [3.05, 3.63) is 35.9 Å². The van der Waals surface area contributed by atoms with E-state index in [2.05, 4.69) is 18.2 Å². The van der Waals surface area contributed by atoms with Crippen molar-refractivity contribution in [2.45, 2.75) is 51.4 Å². The molecule has 1 nitrogen and oxygen atoms in total. The Balaban J connectivity index is 1.89. The normalized spacial score (nSPS) is 10.6. The average molecular weight is 219 g/mol. The van der Waals surface area contributed by atoms with Crippen LogP contribution >= 0.6 is 0 Å². The minimum atomic E-state index is 0.351. The van der Waals surface area contributed by atoms with Gasteiger partial charge in [0.25, 0.3) is 0 Å². The van der Waals surface area contributed by atoms with Gasteiger partial charge in [-0.25, -0.2) is 0 Å². The molecule has 0 heterocycles. The van der Waals surface area contributed by atoms with E-state index >= 15 is 0 Å². The monoisotopic (exact) mass is 219 g/mol. The van der Waals surface area contributed by atoms with E-state index in [1.165, 1.54) is 44.1 Å². The van der Waals surface area contributed by atoms with Gasteiger partial charge in [-0.2, -0.15) is 0 Å².